The van der Waals surface area contributed by atoms with Crippen molar-refractivity contribution in [2.45, 2.75) is 6.92 Å². The summed E-state index contributed by atoms with van der Waals surface area (Å²) in [6.07, 6.45) is 3.05. The van der Waals surface area contributed by atoms with Gasteiger partial charge >= 0.3 is 17.5 Å². The molecule has 4 rings (SSSR count). The van der Waals surface area contributed by atoms with Crippen LogP contribution < -0.4 is 4.74 Å². The number of benzene rings is 3. The summed E-state index contributed by atoms with van der Waals surface area (Å²) >= 11 is 0. The van der Waals surface area contributed by atoms with E-state index in [-0.39, 0.29) is 5.97 Å². The molecule has 3 aromatic carbocycles. The molecule has 0 bridgehead atoms. The highest BCUT2D eigenvalue weighted by Gasteiger charge is 2.20. The van der Waals surface area contributed by atoms with Crippen molar-refractivity contribution in [3.8, 4) is 39.5 Å². The molecule has 0 saturated heterocycles. The first-order valence-corrected chi connectivity index (χ1v) is 9.77. The summed E-state index contributed by atoms with van der Waals surface area (Å²) in [5.74, 6) is 1.70. The van der Waals surface area contributed by atoms with Crippen LogP contribution in [0.3, 0.4) is 0 Å². The SMILES string of the molecule is C/C=C\C(=O)Oc1ccc(-c2cc(-c3ccccc3)[o+]c(-c3ccccc3)c2)cc1. The van der Waals surface area contributed by atoms with Crippen LogP contribution in [0.15, 0.2) is 114 Å². The minimum absolute atomic E-state index is 0.388. The molecule has 0 atom stereocenters. The highest BCUT2D eigenvalue weighted by atomic mass is 16.5. The summed E-state index contributed by atoms with van der Waals surface area (Å²) in [6.45, 7) is 1.78. The number of ether oxygens (including phenoxy) is 1. The van der Waals surface area contributed by atoms with Gasteiger partial charge in [-0.15, -0.1) is 0 Å². The van der Waals surface area contributed by atoms with Crippen molar-refractivity contribution in [1.29, 1.82) is 0 Å². The first-order chi connectivity index (χ1) is 14.7. The molecule has 1 aromatic heterocycles. The van der Waals surface area contributed by atoms with Crippen molar-refractivity contribution in [2.24, 2.45) is 0 Å². The number of hydrogen-bond acceptors (Lipinski definition) is 2. The highest BCUT2D eigenvalue weighted by Crippen LogP contribution is 2.33. The Hall–Kier alpha value is -3.98. The first-order valence-electron chi connectivity index (χ1n) is 9.77. The lowest BCUT2D eigenvalue weighted by Gasteiger charge is -2.05. The average molecular weight is 393 g/mol. The molecular weight excluding hydrogens is 372 g/mol. The topological polar surface area (TPSA) is 37.6 Å². The molecule has 0 radical (unpaired) electrons. The fourth-order valence-electron chi connectivity index (χ4n) is 3.16. The van der Waals surface area contributed by atoms with Gasteiger partial charge in [0.1, 0.15) is 5.75 Å². The number of rotatable bonds is 5. The van der Waals surface area contributed by atoms with Gasteiger partial charge in [0.2, 0.25) is 0 Å². The number of carbonyl (C=O) groups is 1. The van der Waals surface area contributed by atoms with Crippen LogP contribution in [0.2, 0.25) is 0 Å². The molecule has 0 aliphatic heterocycles. The van der Waals surface area contributed by atoms with Crippen LogP contribution in [0.4, 0.5) is 0 Å². The fourth-order valence-corrected chi connectivity index (χ4v) is 3.16. The van der Waals surface area contributed by atoms with Crippen molar-refractivity contribution in [2.75, 3.05) is 0 Å². The van der Waals surface area contributed by atoms with Gasteiger partial charge in [-0.1, -0.05) is 54.6 Å². The smallest absolute Gasteiger partial charge is 0.361 e. The van der Waals surface area contributed by atoms with Crippen molar-refractivity contribution in [3.05, 3.63) is 109 Å². The maximum Gasteiger partial charge on any atom is 0.361 e. The van der Waals surface area contributed by atoms with Gasteiger partial charge in [-0.25, -0.2) is 9.21 Å². The zero-order valence-electron chi connectivity index (χ0n) is 16.6. The molecule has 0 unspecified atom stereocenters. The Labute approximate surface area is 175 Å². The van der Waals surface area contributed by atoms with Gasteiger partial charge in [-0.3, -0.25) is 0 Å². The Morgan fingerprint density at radius 2 is 1.23 bits per heavy atom. The summed E-state index contributed by atoms with van der Waals surface area (Å²) in [6, 6.07) is 31.6. The summed E-state index contributed by atoms with van der Waals surface area (Å²) in [7, 11) is 0. The van der Waals surface area contributed by atoms with E-state index in [4.69, 9.17) is 9.15 Å². The van der Waals surface area contributed by atoms with Gasteiger partial charge < -0.3 is 4.74 Å². The number of esters is 1. The molecular formula is C27H21O3+. The predicted octanol–water partition coefficient (Wildman–Crippen LogP) is 7.04. The monoisotopic (exact) mass is 393 g/mol. The standard InChI is InChI=1S/C27H21O3/c1-2-9-27(28)29-24-16-14-20(15-17-24)23-18-25(21-10-5-3-6-11-21)30-26(19-23)22-12-7-4-8-13-22/h2-19H,1H3/q+1/b9-2-. The van der Waals surface area contributed by atoms with Crippen molar-refractivity contribution in [1.82, 2.24) is 0 Å². The molecule has 0 aliphatic carbocycles. The van der Waals surface area contributed by atoms with E-state index in [0.29, 0.717) is 5.75 Å². The van der Waals surface area contributed by atoms with E-state index in [2.05, 4.69) is 0 Å². The normalized spacial score (nSPS) is 10.8. The van der Waals surface area contributed by atoms with E-state index in [9.17, 15) is 4.79 Å². The van der Waals surface area contributed by atoms with E-state index >= 15 is 0 Å². The molecule has 3 heteroatoms. The van der Waals surface area contributed by atoms with Crippen molar-refractivity contribution in [3.63, 3.8) is 0 Å². The molecule has 0 spiro atoms. The Kier molecular flexibility index (Phi) is 5.81. The average Bonchev–Trinajstić information content (AvgIpc) is 2.80. The van der Waals surface area contributed by atoms with Crippen LogP contribution in [0.25, 0.3) is 33.8 Å². The van der Waals surface area contributed by atoms with Gasteiger partial charge in [0, 0.05) is 11.6 Å². The summed E-state index contributed by atoms with van der Waals surface area (Å²) < 4.78 is 11.5. The van der Waals surface area contributed by atoms with Crippen molar-refractivity contribution < 1.29 is 13.9 Å². The molecule has 4 aromatic rings. The van der Waals surface area contributed by atoms with Gasteiger partial charge in [-0.2, -0.15) is 0 Å². The van der Waals surface area contributed by atoms with Gasteiger partial charge in [0.15, 0.2) is 0 Å². The number of carbonyl (C=O) groups excluding carboxylic acids is 1. The number of allylic oxidation sites excluding steroid dienone is 1. The zero-order chi connectivity index (χ0) is 20.8. The maximum absolute atomic E-state index is 11.6. The lowest BCUT2D eigenvalue weighted by atomic mass is 10.0. The van der Waals surface area contributed by atoms with E-state index < -0.39 is 0 Å². The van der Waals surface area contributed by atoms with E-state index in [1.807, 2.05) is 84.9 Å². The second-order valence-corrected chi connectivity index (χ2v) is 6.75. The van der Waals surface area contributed by atoms with Gasteiger partial charge in [0.25, 0.3) is 0 Å². The van der Waals surface area contributed by atoms with Crippen LogP contribution in [-0.2, 0) is 4.79 Å². The Morgan fingerprint density at radius 3 is 1.73 bits per heavy atom. The highest BCUT2D eigenvalue weighted by molar-refractivity contribution is 5.84. The van der Waals surface area contributed by atoms with Gasteiger partial charge in [-0.05, 0) is 48.9 Å². The maximum atomic E-state index is 11.6. The fraction of sp³-hybridized carbons (Fsp3) is 0.0370. The summed E-state index contributed by atoms with van der Waals surface area (Å²) in [5.41, 5.74) is 4.04. The molecule has 3 nitrogen and oxygen atoms in total. The number of hydrogen-bond donors (Lipinski definition) is 0. The van der Waals surface area contributed by atoms with Crippen LogP contribution in [0.5, 0.6) is 5.75 Å². The van der Waals surface area contributed by atoms with E-state index in [1.54, 1.807) is 25.1 Å². The molecule has 1 heterocycles. The predicted molar refractivity (Wildman–Crippen MR) is 120 cm³/mol. The molecule has 30 heavy (non-hydrogen) atoms. The molecule has 0 saturated carbocycles. The second-order valence-electron chi connectivity index (χ2n) is 6.75. The van der Waals surface area contributed by atoms with Crippen LogP contribution in [0.1, 0.15) is 6.92 Å². The molecule has 146 valence electrons. The third kappa shape index (κ3) is 4.53. The van der Waals surface area contributed by atoms with Crippen LogP contribution in [-0.4, -0.2) is 5.97 Å². The lowest BCUT2D eigenvalue weighted by molar-refractivity contribution is -0.129. The summed E-state index contributed by atoms with van der Waals surface area (Å²) in [5, 5.41) is 0. The largest absolute Gasteiger partial charge is 0.423 e. The van der Waals surface area contributed by atoms with E-state index in [1.165, 1.54) is 6.08 Å². The van der Waals surface area contributed by atoms with Gasteiger partial charge in [0.05, 0.1) is 23.3 Å². The third-order valence-electron chi connectivity index (χ3n) is 4.62. The van der Waals surface area contributed by atoms with E-state index in [0.717, 1.165) is 33.8 Å². The second kappa shape index (κ2) is 9.01. The lowest BCUT2D eigenvalue weighted by Crippen LogP contribution is -2.03. The minimum atomic E-state index is -0.388. The molecule has 0 amide bonds. The van der Waals surface area contributed by atoms with Crippen LogP contribution >= 0.6 is 0 Å². The Morgan fingerprint density at radius 1 is 0.700 bits per heavy atom. The minimum Gasteiger partial charge on any atom is -0.423 e. The summed E-state index contributed by atoms with van der Waals surface area (Å²) in [4.78, 5) is 11.6. The van der Waals surface area contributed by atoms with Crippen LogP contribution in [0, 0.1) is 0 Å². The Balaban J connectivity index is 1.74. The zero-order valence-corrected chi connectivity index (χ0v) is 16.6. The molecule has 0 aliphatic rings. The molecule has 0 N–H and O–H groups in total. The molecule has 0 fully saturated rings. The van der Waals surface area contributed by atoms with Crippen molar-refractivity contribution >= 4 is 5.97 Å². The Bertz CT molecular complexity index is 1100. The first kappa shape index (κ1) is 19.3. The quantitative estimate of drug-likeness (QED) is 0.158. The third-order valence-corrected chi connectivity index (χ3v) is 4.62.